The first-order chi connectivity index (χ1) is 28.3. The fraction of sp³-hybridized carbons (Fsp3) is 0. The summed E-state index contributed by atoms with van der Waals surface area (Å²) in [6.45, 7) is 0. The summed E-state index contributed by atoms with van der Waals surface area (Å²) in [5, 5.41) is 7.61. The summed E-state index contributed by atoms with van der Waals surface area (Å²) in [6.07, 6.45) is 0. The third kappa shape index (κ3) is 6.25. The van der Waals surface area contributed by atoms with E-state index in [1.165, 1.54) is 31.9 Å². The Balaban J connectivity index is 1.14. The minimum absolute atomic E-state index is 0.859. The van der Waals surface area contributed by atoms with Crippen molar-refractivity contribution in [1.29, 1.82) is 0 Å². The molecule has 3 heteroatoms. The normalized spacial score (nSPS) is 11.5. The third-order valence-electron chi connectivity index (χ3n) is 11.2. The molecule has 2 nitrogen and oxygen atoms in total. The molecule has 0 aliphatic carbocycles. The zero-order valence-corrected chi connectivity index (χ0v) is 32.4. The lowest BCUT2D eigenvalue weighted by molar-refractivity contribution is 0.669. The molecule has 0 saturated carbocycles. The average molecular weight is 746 g/mol. The van der Waals surface area contributed by atoms with Crippen molar-refractivity contribution in [3.8, 4) is 22.3 Å². The van der Waals surface area contributed by atoms with Gasteiger partial charge in [0.2, 0.25) is 0 Å². The molecule has 0 fully saturated rings. The van der Waals surface area contributed by atoms with Gasteiger partial charge in [0.25, 0.3) is 0 Å². The van der Waals surface area contributed by atoms with Gasteiger partial charge in [-0.25, -0.2) is 0 Å². The molecule has 0 amide bonds. The van der Waals surface area contributed by atoms with Gasteiger partial charge in [0, 0.05) is 33.9 Å². The summed E-state index contributed by atoms with van der Waals surface area (Å²) in [7, 11) is -2.69. The van der Waals surface area contributed by atoms with Crippen molar-refractivity contribution in [3.05, 3.63) is 237 Å². The Bertz CT molecular complexity index is 2830. The number of furan rings is 1. The van der Waals surface area contributed by atoms with Gasteiger partial charge in [-0.3, -0.25) is 0 Å². The van der Waals surface area contributed by atoms with Crippen molar-refractivity contribution in [3.63, 3.8) is 0 Å². The van der Waals surface area contributed by atoms with Crippen LogP contribution in [0.1, 0.15) is 0 Å². The number of fused-ring (bicyclic) bond motifs is 3. The smallest absolute Gasteiger partial charge is 0.179 e. The van der Waals surface area contributed by atoms with Gasteiger partial charge in [0.1, 0.15) is 11.2 Å². The Hall–Kier alpha value is -7.20. The summed E-state index contributed by atoms with van der Waals surface area (Å²) in [5.41, 5.74) is 9.58. The highest BCUT2D eigenvalue weighted by atomic mass is 28.3. The van der Waals surface area contributed by atoms with Crippen molar-refractivity contribution in [2.24, 2.45) is 0 Å². The number of hydrogen-bond donors (Lipinski definition) is 0. The SMILES string of the molecule is c1ccc(-c2cccc(N(c3ccc([Si](c4ccccc4)(c4ccccc4)c4ccccc4)cc3)c3ccc4c(c3)oc3cc(-c5ccccc5)ccc34)c2)cc1. The first-order valence-corrected chi connectivity index (χ1v) is 21.5. The molecule has 10 aromatic rings. The molecular formula is C54H39NOSi. The number of benzene rings is 9. The van der Waals surface area contributed by atoms with Crippen LogP contribution in [0.5, 0.6) is 0 Å². The second kappa shape index (κ2) is 14.8. The first-order valence-electron chi connectivity index (χ1n) is 19.5. The van der Waals surface area contributed by atoms with Crippen molar-refractivity contribution in [2.75, 3.05) is 4.90 Å². The number of rotatable bonds is 9. The predicted octanol–water partition coefficient (Wildman–Crippen LogP) is 11.8. The molecule has 270 valence electrons. The Morgan fingerprint density at radius 1 is 0.281 bits per heavy atom. The first kappa shape index (κ1) is 34.3. The largest absolute Gasteiger partial charge is 0.456 e. The van der Waals surface area contributed by atoms with Crippen LogP contribution in [0.4, 0.5) is 17.1 Å². The topological polar surface area (TPSA) is 16.4 Å². The minimum atomic E-state index is -2.69. The van der Waals surface area contributed by atoms with Gasteiger partial charge in [-0.05, 0) is 91.5 Å². The van der Waals surface area contributed by atoms with Gasteiger partial charge in [-0.2, -0.15) is 0 Å². The summed E-state index contributed by atoms with van der Waals surface area (Å²) in [5.74, 6) is 0. The zero-order chi connectivity index (χ0) is 38.0. The van der Waals surface area contributed by atoms with Gasteiger partial charge in [0.05, 0.1) is 0 Å². The Kier molecular flexibility index (Phi) is 8.90. The van der Waals surface area contributed by atoms with Crippen molar-refractivity contribution < 1.29 is 4.42 Å². The fourth-order valence-corrected chi connectivity index (χ4v) is 13.3. The summed E-state index contributed by atoms with van der Waals surface area (Å²) >= 11 is 0. The monoisotopic (exact) mass is 745 g/mol. The molecule has 0 spiro atoms. The molecule has 0 saturated heterocycles. The van der Waals surface area contributed by atoms with Crippen LogP contribution in [-0.4, -0.2) is 8.07 Å². The molecule has 0 aliphatic rings. The van der Waals surface area contributed by atoms with Crippen LogP contribution in [0.15, 0.2) is 241 Å². The maximum Gasteiger partial charge on any atom is 0.179 e. The molecule has 0 aliphatic heterocycles. The van der Waals surface area contributed by atoms with E-state index in [-0.39, 0.29) is 0 Å². The Morgan fingerprint density at radius 2 is 0.684 bits per heavy atom. The maximum absolute atomic E-state index is 6.66. The van der Waals surface area contributed by atoms with Crippen LogP contribution in [0.25, 0.3) is 44.2 Å². The number of hydrogen-bond acceptors (Lipinski definition) is 2. The van der Waals surface area contributed by atoms with E-state index in [4.69, 9.17) is 4.42 Å². The second-order valence-corrected chi connectivity index (χ2v) is 18.3. The van der Waals surface area contributed by atoms with Crippen molar-refractivity contribution in [1.82, 2.24) is 0 Å². The predicted molar refractivity (Wildman–Crippen MR) is 243 cm³/mol. The van der Waals surface area contributed by atoms with Gasteiger partial charge in [-0.1, -0.05) is 182 Å². The summed E-state index contributed by atoms with van der Waals surface area (Å²) in [4.78, 5) is 2.36. The van der Waals surface area contributed by atoms with E-state index in [0.29, 0.717) is 0 Å². The van der Waals surface area contributed by atoms with Gasteiger partial charge < -0.3 is 9.32 Å². The van der Waals surface area contributed by atoms with E-state index in [1.54, 1.807) is 0 Å². The molecule has 1 heterocycles. The molecule has 0 radical (unpaired) electrons. The van der Waals surface area contributed by atoms with Crippen molar-refractivity contribution >= 4 is 67.8 Å². The average Bonchev–Trinajstić information content (AvgIpc) is 3.66. The van der Waals surface area contributed by atoms with Crippen LogP contribution in [0.2, 0.25) is 0 Å². The quantitative estimate of drug-likeness (QED) is 0.108. The standard InChI is InChI=1S/C54H39NOSi/c1-6-17-40(18-7-1)42-21-16-22-45(37-42)55(46-32-36-52-51-35-29-43(41-19-8-2-9-20-41)38-53(51)56-54(52)39-46)44-30-33-50(34-31-44)57(47-23-10-3-11-24-47,48-25-12-4-13-26-48)49-27-14-5-15-28-49/h1-39H. The van der Waals surface area contributed by atoms with E-state index in [2.05, 4.69) is 235 Å². The fourth-order valence-electron chi connectivity index (χ4n) is 8.54. The van der Waals surface area contributed by atoms with Gasteiger partial charge >= 0.3 is 0 Å². The molecular weight excluding hydrogens is 707 g/mol. The van der Waals surface area contributed by atoms with E-state index in [1.807, 2.05) is 6.07 Å². The zero-order valence-electron chi connectivity index (χ0n) is 31.4. The molecule has 9 aromatic carbocycles. The maximum atomic E-state index is 6.66. The number of nitrogens with zero attached hydrogens (tertiary/aromatic N) is 1. The highest BCUT2D eigenvalue weighted by Crippen LogP contribution is 2.40. The highest BCUT2D eigenvalue weighted by Gasteiger charge is 2.41. The summed E-state index contributed by atoms with van der Waals surface area (Å²) < 4.78 is 6.66. The van der Waals surface area contributed by atoms with Crippen LogP contribution in [-0.2, 0) is 0 Å². The molecule has 0 bridgehead atoms. The Morgan fingerprint density at radius 3 is 1.23 bits per heavy atom. The van der Waals surface area contributed by atoms with Crippen molar-refractivity contribution in [2.45, 2.75) is 0 Å². The van der Waals surface area contributed by atoms with E-state index in [0.717, 1.165) is 50.1 Å². The van der Waals surface area contributed by atoms with Crippen LogP contribution in [0.3, 0.4) is 0 Å². The third-order valence-corrected chi connectivity index (χ3v) is 16.0. The Labute approximate surface area is 334 Å². The molecule has 1 aromatic heterocycles. The second-order valence-electron chi connectivity index (χ2n) is 14.5. The van der Waals surface area contributed by atoms with Gasteiger partial charge in [-0.15, -0.1) is 0 Å². The lowest BCUT2D eigenvalue weighted by Gasteiger charge is -2.35. The minimum Gasteiger partial charge on any atom is -0.456 e. The van der Waals surface area contributed by atoms with Crippen LogP contribution in [0, 0.1) is 0 Å². The molecule has 0 N–H and O–H groups in total. The summed E-state index contributed by atoms with van der Waals surface area (Å²) in [6, 6.07) is 85.7. The van der Waals surface area contributed by atoms with Crippen LogP contribution < -0.4 is 25.6 Å². The molecule has 0 unspecified atom stereocenters. The molecule has 57 heavy (non-hydrogen) atoms. The van der Waals surface area contributed by atoms with E-state index < -0.39 is 8.07 Å². The van der Waals surface area contributed by atoms with E-state index >= 15 is 0 Å². The number of anilines is 3. The molecule has 0 atom stereocenters. The molecule has 10 rings (SSSR count). The highest BCUT2D eigenvalue weighted by molar-refractivity contribution is 7.19. The lowest BCUT2D eigenvalue weighted by Crippen LogP contribution is -2.74. The van der Waals surface area contributed by atoms with Gasteiger partial charge in [0.15, 0.2) is 8.07 Å². The lowest BCUT2D eigenvalue weighted by atomic mass is 10.0. The van der Waals surface area contributed by atoms with Crippen LogP contribution >= 0.6 is 0 Å². The van der Waals surface area contributed by atoms with E-state index in [9.17, 15) is 0 Å².